The molecule has 0 spiro atoms. The summed E-state index contributed by atoms with van der Waals surface area (Å²) >= 11 is 0. The van der Waals surface area contributed by atoms with Crippen molar-refractivity contribution in [1.82, 2.24) is 9.13 Å². The van der Waals surface area contributed by atoms with Gasteiger partial charge in [-0.25, -0.2) is 0 Å². The van der Waals surface area contributed by atoms with Crippen LogP contribution in [-0.2, 0) is 0 Å². The average molecular weight is 701 g/mol. The van der Waals surface area contributed by atoms with Gasteiger partial charge in [-0.2, -0.15) is 10.5 Å². The van der Waals surface area contributed by atoms with Gasteiger partial charge in [0.1, 0.15) is 11.2 Å². The minimum atomic E-state index is 0.568. The molecule has 3 aromatic heterocycles. The van der Waals surface area contributed by atoms with E-state index in [1.54, 1.807) is 0 Å². The van der Waals surface area contributed by atoms with Gasteiger partial charge in [-0.1, -0.05) is 97.1 Å². The number of nitriles is 2. The zero-order valence-electron chi connectivity index (χ0n) is 29.4. The molecule has 8 aromatic carbocycles. The molecule has 254 valence electrons. The summed E-state index contributed by atoms with van der Waals surface area (Å²) in [6.45, 7) is 0. The number of furan rings is 1. The van der Waals surface area contributed by atoms with Crippen LogP contribution in [0.15, 0.2) is 174 Å². The van der Waals surface area contributed by atoms with Gasteiger partial charge < -0.3 is 13.6 Å². The van der Waals surface area contributed by atoms with Crippen molar-refractivity contribution in [2.24, 2.45) is 0 Å². The Morgan fingerprint density at radius 3 is 1.71 bits per heavy atom. The fourth-order valence-corrected chi connectivity index (χ4v) is 8.63. The maximum Gasteiger partial charge on any atom is 0.145 e. The van der Waals surface area contributed by atoms with Crippen molar-refractivity contribution >= 4 is 65.6 Å². The lowest BCUT2D eigenvalue weighted by molar-refractivity contribution is 0.673. The minimum absolute atomic E-state index is 0.568. The van der Waals surface area contributed by atoms with E-state index in [0.29, 0.717) is 11.1 Å². The lowest BCUT2D eigenvalue weighted by Gasteiger charge is -2.18. The summed E-state index contributed by atoms with van der Waals surface area (Å²) in [6.07, 6.45) is 0. The Labute approximate surface area is 315 Å². The maximum absolute atomic E-state index is 10.7. The van der Waals surface area contributed by atoms with E-state index < -0.39 is 0 Å². The Hall–Kier alpha value is -7.86. The second-order valence-electron chi connectivity index (χ2n) is 13.9. The van der Waals surface area contributed by atoms with E-state index in [1.165, 1.54) is 10.8 Å². The first-order valence-electron chi connectivity index (χ1n) is 18.2. The Balaban J connectivity index is 1.28. The first-order chi connectivity index (χ1) is 27.2. The molecule has 55 heavy (non-hydrogen) atoms. The second-order valence-corrected chi connectivity index (χ2v) is 13.9. The Morgan fingerprint density at radius 1 is 0.436 bits per heavy atom. The summed E-state index contributed by atoms with van der Waals surface area (Å²) in [5.41, 5.74) is 12.7. The van der Waals surface area contributed by atoms with Crippen LogP contribution < -0.4 is 0 Å². The van der Waals surface area contributed by atoms with E-state index in [-0.39, 0.29) is 0 Å². The maximum atomic E-state index is 10.7. The van der Waals surface area contributed by atoms with Gasteiger partial charge >= 0.3 is 0 Å². The topological polar surface area (TPSA) is 70.6 Å². The smallest absolute Gasteiger partial charge is 0.145 e. The number of benzene rings is 8. The second kappa shape index (κ2) is 11.8. The molecule has 11 aromatic rings. The largest absolute Gasteiger partial charge is 0.455 e. The number of aromatic nitrogens is 2. The van der Waals surface area contributed by atoms with Crippen LogP contribution in [0.1, 0.15) is 11.1 Å². The van der Waals surface area contributed by atoms with Crippen molar-refractivity contribution < 1.29 is 4.42 Å². The standard InChI is InChI=1S/C50H28N4O/c51-29-31-20-22-32(23-21-31)37-15-9-10-33(30-52)48(37)34-26-35(53-43-16-5-1-11-38(43)39-12-2-6-17-44(39)53)28-36(27-34)54-45-18-7-3-14-42(45)49-46(54)25-24-41-40-13-4-8-19-47(40)55-50(41)49/h1-28H. The number of rotatable bonds is 4. The van der Waals surface area contributed by atoms with E-state index in [4.69, 9.17) is 4.42 Å². The van der Waals surface area contributed by atoms with Crippen molar-refractivity contribution in [3.8, 4) is 45.8 Å². The Morgan fingerprint density at radius 2 is 1.04 bits per heavy atom. The summed E-state index contributed by atoms with van der Waals surface area (Å²) in [5.74, 6) is 0. The van der Waals surface area contributed by atoms with Gasteiger partial charge in [0.2, 0.25) is 0 Å². The van der Waals surface area contributed by atoms with Crippen molar-refractivity contribution in [2.75, 3.05) is 0 Å². The summed E-state index contributed by atoms with van der Waals surface area (Å²) in [6, 6.07) is 63.0. The molecule has 0 saturated heterocycles. The highest BCUT2D eigenvalue weighted by Gasteiger charge is 2.22. The normalized spacial score (nSPS) is 11.6. The molecule has 0 bridgehead atoms. The first kappa shape index (κ1) is 30.7. The van der Waals surface area contributed by atoms with Crippen molar-refractivity contribution in [1.29, 1.82) is 10.5 Å². The third-order valence-corrected chi connectivity index (χ3v) is 11.0. The number of para-hydroxylation sites is 4. The van der Waals surface area contributed by atoms with Crippen molar-refractivity contribution in [3.63, 3.8) is 0 Å². The van der Waals surface area contributed by atoms with Gasteiger partial charge in [-0.3, -0.25) is 0 Å². The van der Waals surface area contributed by atoms with Gasteiger partial charge in [0.05, 0.1) is 50.7 Å². The summed E-state index contributed by atoms with van der Waals surface area (Å²) in [5, 5.41) is 26.9. The molecule has 0 radical (unpaired) electrons. The highest BCUT2D eigenvalue weighted by molar-refractivity contribution is 6.24. The third-order valence-electron chi connectivity index (χ3n) is 11.0. The number of hydrogen-bond acceptors (Lipinski definition) is 3. The molecule has 0 aliphatic rings. The van der Waals surface area contributed by atoms with Gasteiger partial charge in [0.25, 0.3) is 0 Å². The highest BCUT2D eigenvalue weighted by Crippen LogP contribution is 2.43. The highest BCUT2D eigenvalue weighted by atomic mass is 16.3. The lowest BCUT2D eigenvalue weighted by atomic mass is 9.90. The Kier molecular flexibility index (Phi) is 6.61. The van der Waals surface area contributed by atoms with Gasteiger partial charge in [-0.05, 0) is 89.5 Å². The summed E-state index contributed by atoms with van der Waals surface area (Å²) in [7, 11) is 0. The number of fused-ring (bicyclic) bond motifs is 10. The van der Waals surface area contributed by atoms with Crippen LogP contribution in [0.2, 0.25) is 0 Å². The molecular formula is C50H28N4O. The van der Waals surface area contributed by atoms with Crippen LogP contribution in [-0.4, -0.2) is 9.13 Å². The molecule has 0 N–H and O–H groups in total. The Bertz CT molecular complexity index is 3400. The van der Waals surface area contributed by atoms with Gasteiger partial charge in [0.15, 0.2) is 0 Å². The lowest BCUT2D eigenvalue weighted by Crippen LogP contribution is -2.01. The van der Waals surface area contributed by atoms with E-state index in [0.717, 1.165) is 88.4 Å². The van der Waals surface area contributed by atoms with E-state index in [9.17, 15) is 10.5 Å². The monoisotopic (exact) mass is 700 g/mol. The van der Waals surface area contributed by atoms with Crippen LogP contribution in [0.5, 0.6) is 0 Å². The molecule has 0 fully saturated rings. The molecule has 5 heteroatoms. The minimum Gasteiger partial charge on any atom is -0.455 e. The number of nitrogens with zero attached hydrogens (tertiary/aromatic N) is 4. The van der Waals surface area contributed by atoms with E-state index >= 15 is 0 Å². The van der Waals surface area contributed by atoms with Gasteiger partial charge in [-0.15, -0.1) is 0 Å². The molecule has 0 saturated carbocycles. The van der Waals surface area contributed by atoms with Crippen LogP contribution in [0.3, 0.4) is 0 Å². The average Bonchev–Trinajstić information content (AvgIpc) is 3.91. The van der Waals surface area contributed by atoms with Crippen LogP contribution in [0, 0.1) is 22.7 Å². The fraction of sp³-hybridized carbons (Fsp3) is 0. The van der Waals surface area contributed by atoms with Crippen LogP contribution in [0.25, 0.3) is 99.2 Å². The van der Waals surface area contributed by atoms with Gasteiger partial charge in [0, 0.05) is 43.9 Å². The zero-order chi connectivity index (χ0) is 36.6. The molecular weight excluding hydrogens is 673 g/mol. The summed E-state index contributed by atoms with van der Waals surface area (Å²) < 4.78 is 11.3. The molecule has 0 aliphatic heterocycles. The van der Waals surface area contributed by atoms with Crippen LogP contribution in [0.4, 0.5) is 0 Å². The third kappa shape index (κ3) is 4.51. The predicted molar refractivity (Wildman–Crippen MR) is 223 cm³/mol. The molecule has 0 atom stereocenters. The molecule has 11 rings (SSSR count). The molecule has 0 aliphatic carbocycles. The van der Waals surface area contributed by atoms with E-state index in [2.05, 4.69) is 143 Å². The van der Waals surface area contributed by atoms with Crippen LogP contribution >= 0.6 is 0 Å². The molecule has 5 nitrogen and oxygen atoms in total. The zero-order valence-corrected chi connectivity index (χ0v) is 29.4. The quantitative estimate of drug-likeness (QED) is 0.183. The first-order valence-corrected chi connectivity index (χ1v) is 18.2. The fourth-order valence-electron chi connectivity index (χ4n) is 8.63. The predicted octanol–water partition coefficient (Wildman–Crippen LogP) is 12.9. The van der Waals surface area contributed by atoms with Crippen molar-refractivity contribution in [2.45, 2.75) is 0 Å². The molecule has 0 unspecified atom stereocenters. The molecule has 3 heterocycles. The molecule has 0 amide bonds. The number of hydrogen-bond donors (Lipinski definition) is 0. The summed E-state index contributed by atoms with van der Waals surface area (Å²) in [4.78, 5) is 0. The van der Waals surface area contributed by atoms with E-state index in [1.807, 2.05) is 48.5 Å². The SMILES string of the molecule is N#Cc1ccc(-c2cccc(C#N)c2-c2cc(-n3c4ccccc4c4ccccc43)cc(-n3c4ccccc4c4c5oc6ccccc6c5ccc43)c2)cc1. The van der Waals surface area contributed by atoms with Crippen molar-refractivity contribution in [3.05, 3.63) is 181 Å².